The molecule has 0 aliphatic heterocycles. The van der Waals surface area contributed by atoms with Crippen LogP contribution in [0.4, 0.5) is 16.2 Å². The number of carbonyl (C=O) groups is 2. The summed E-state index contributed by atoms with van der Waals surface area (Å²) in [7, 11) is -2.84. The molecule has 0 spiro atoms. The predicted octanol–water partition coefficient (Wildman–Crippen LogP) is 1.70. The number of amides is 2. The first-order valence-electron chi connectivity index (χ1n) is 6.85. The van der Waals surface area contributed by atoms with E-state index in [1.165, 1.54) is 37.4 Å². The van der Waals surface area contributed by atoms with Crippen LogP contribution in [0, 0.1) is 0 Å². The highest BCUT2D eigenvalue weighted by Crippen LogP contribution is 2.17. The van der Waals surface area contributed by atoms with Crippen LogP contribution in [-0.2, 0) is 15.0 Å². The Hall–Kier alpha value is -3.11. The number of benzene rings is 2. The van der Waals surface area contributed by atoms with E-state index in [2.05, 4.69) is 19.6 Å². The van der Waals surface area contributed by atoms with Crippen molar-refractivity contribution in [2.45, 2.75) is 0 Å². The second kappa shape index (κ2) is 7.64. The summed E-state index contributed by atoms with van der Waals surface area (Å²) in [5.41, 5.74) is 1.09. The predicted molar refractivity (Wildman–Crippen MR) is 90.6 cm³/mol. The minimum atomic E-state index is -4.10. The summed E-state index contributed by atoms with van der Waals surface area (Å²) >= 11 is 0. The van der Waals surface area contributed by atoms with E-state index in [0.717, 1.165) is 0 Å². The highest BCUT2D eigenvalue weighted by Gasteiger charge is 2.09. The van der Waals surface area contributed by atoms with Crippen molar-refractivity contribution in [2.24, 2.45) is 5.14 Å². The van der Waals surface area contributed by atoms with E-state index in [1.807, 2.05) is 0 Å². The molecule has 2 rings (SSSR count). The van der Waals surface area contributed by atoms with Crippen LogP contribution in [-0.4, -0.2) is 27.5 Å². The molecule has 0 bridgehead atoms. The SMILES string of the molecule is COC(=O)c1cccc(NC(=O)Nc2ccc(OS(N)(=O)=O)cc2)c1. The van der Waals surface area contributed by atoms with Gasteiger partial charge in [-0.05, 0) is 42.5 Å². The second-order valence-electron chi connectivity index (χ2n) is 4.75. The van der Waals surface area contributed by atoms with E-state index in [-0.39, 0.29) is 5.75 Å². The third-order valence-corrected chi connectivity index (χ3v) is 3.29. The summed E-state index contributed by atoms with van der Waals surface area (Å²) in [5, 5.41) is 9.85. The number of urea groups is 1. The number of hydrogen-bond donors (Lipinski definition) is 3. The molecule has 10 heteroatoms. The zero-order valence-electron chi connectivity index (χ0n) is 13.1. The number of methoxy groups -OCH3 is 1. The number of nitrogens with one attached hydrogen (secondary N) is 2. The fraction of sp³-hybridized carbons (Fsp3) is 0.0667. The van der Waals surface area contributed by atoms with Crippen LogP contribution in [0.5, 0.6) is 5.75 Å². The highest BCUT2D eigenvalue weighted by molar-refractivity contribution is 7.84. The van der Waals surface area contributed by atoms with Crippen LogP contribution in [0.25, 0.3) is 0 Å². The fourth-order valence-corrected chi connectivity index (χ4v) is 2.24. The van der Waals surface area contributed by atoms with Crippen LogP contribution < -0.4 is 20.0 Å². The lowest BCUT2D eigenvalue weighted by molar-refractivity contribution is 0.0600. The number of ether oxygens (including phenoxy) is 1. The largest absolute Gasteiger partial charge is 0.465 e. The van der Waals surface area contributed by atoms with Gasteiger partial charge in [-0.25, -0.2) is 9.59 Å². The lowest BCUT2D eigenvalue weighted by Crippen LogP contribution is -2.20. The summed E-state index contributed by atoms with van der Waals surface area (Å²) in [4.78, 5) is 23.4. The number of anilines is 2. The average molecular weight is 365 g/mol. The Kier molecular flexibility index (Phi) is 5.57. The van der Waals surface area contributed by atoms with Gasteiger partial charge in [0.1, 0.15) is 5.75 Å². The first-order valence-corrected chi connectivity index (χ1v) is 8.32. The molecule has 2 aromatic carbocycles. The van der Waals surface area contributed by atoms with Gasteiger partial charge < -0.3 is 19.6 Å². The molecular weight excluding hydrogens is 350 g/mol. The number of rotatable bonds is 5. The number of nitrogens with two attached hydrogens (primary N) is 1. The van der Waals surface area contributed by atoms with E-state index >= 15 is 0 Å². The average Bonchev–Trinajstić information content (AvgIpc) is 2.54. The second-order valence-corrected chi connectivity index (χ2v) is 5.90. The van der Waals surface area contributed by atoms with Crippen molar-refractivity contribution in [3.05, 3.63) is 54.1 Å². The molecule has 0 heterocycles. The molecule has 0 atom stereocenters. The third-order valence-electron chi connectivity index (χ3n) is 2.87. The monoisotopic (exact) mass is 365 g/mol. The summed E-state index contributed by atoms with van der Waals surface area (Å²) in [6.45, 7) is 0. The molecule has 0 saturated carbocycles. The number of hydrogen-bond acceptors (Lipinski definition) is 6. The van der Waals surface area contributed by atoms with E-state index in [9.17, 15) is 18.0 Å². The van der Waals surface area contributed by atoms with Crippen LogP contribution in [0.3, 0.4) is 0 Å². The Morgan fingerprint density at radius 3 is 2.24 bits per heavy atom. The summed E-state index contributed by atoms with van der Waals surface area (Å²) < 4.78 is 30.7. The molecule has 0 saturated heterocycles. The van der Waals surface area contributed by atoms with Gasteiger partial charge in [0.25, 0.3) is 0 Å². The molecule has 2 aromatic rings. The smallest absolute Gasteiger partial charge is 0.380 e. The van der Waals surface area contributed by atoms with Crippen LogP contribution in [0.2, 0.25) is 0 Å². The Bertz CT molecular complexity index is 880. The van der Waals surface area contributed by atoms with Crippen molar-refractivity contribution in [3.63, 3.8) is 0 Å². The minimum absolute atomic E-state index is 0.0132. The normalized spacial score (nSPS) is 10.6. The van der Waals surface area contributed by atoms with E-state index in [0.29, 0.717) is 16.9 Å². The Balaban J connectivity index is 1.99. The van der Waals surface area contributed by atoms with Crippen LogP contribution >= 0.6 is 0 Å². The van der Waals surface area contributed by atoms with E-state index in [1.54, 1.807) is 18.2 Å². The van der Waals surface area contributed by atoms with Crippen molar-refractivity contribution in [1.29, 1.82) is 0 Å². The van der Waals surface area contributed by atoms with Crippen molar-refractivity contribution in [3.8, 4) is 5.75 Å². The third kappa shape index (κ3) is 5.79. The fourth-order valence-electron chi connectivity index (χ4n) is 1.86. The number of esters is 1. The first-order chi connectivity index (χ1) is 11.8. The maximum Gasteiger partial charge on any atom is 0.380 e. The van der Waals surface area contributed by atoms with E-state index < -0.39 is 22.3 Å². The van der Waals surface area contributed by atoms with Gasteiger partial charge >= 0.3 is 22.3 Å². The molecule has 4 N–H and O–H groups in total. The summed E-state index contributed by atoms with van der Waals surface area (Å²) in [6, 6.07) is 11.2. The van der Waals surface area contributed by atoms with Gasteiger partial charge in [-0.3, -0.25) is 0 Å². The van der Waals surface area contributed by atoms with Gasteiger partial charge in [0, 0.05) is 11.4 Å². The first kappa shape index (κ1) is 18.2. The lowest BCUT2D eigenvalue weighted by Gasteiger charge is -2.09. The zero-order valence-corrected chi connectivity index (χ0v) is 13.9. The van der Waals surface area contributed by atoms with Gasteiger partial charge in [-0.15, -0.1) is 0 Å². The van der Waals surface area contributed by atoms with Crippen molar-refractivity contribution in [2.75, 3.05) is 17.7 Å². The molecular formula is C15H15N3O6S. The van der Waals surface area contributed by atoms with Crippen LogP contribution in [0.1, 0.15) is 10.4 Å². The molecule has 9 nitrogen and oxygen atoms in total. The molecule has 0 fully saturated rings. The minimum Gasteiger partial charge on any atom is -0.465 e. The lowest BCUT2D eigenvalue weighted by atomic mass is 10.2. The van der Waals surface area contributed by atoms with Gasteiger partial charge in [0.15, 0.2) is 0 Å². The molecule has 0 radical (unpaired) electrons. The zero-order chi connectivity index (χ0) is 18.4. The van der Waals surface area contributed by atoms with Gasteiger partial charge in [-0.1, -0.05) is 6.07 Å². The van der Waals surface area contributed by atoms with Crippen LogP contribution in [0.15, 0.2) is 48.5 Å². The quantitative estimate of drug-likeness (QED) is 0.690. The van der Waals surface area contributed by atoms with Crippen molar-refractivity contribution < 1.29 is 26.9 Å². The summed E-state index contributed by atoms with van der Waals surface area (Å²) in [6.07, 6.45) is 0. The topological polar surface area (TPSA) is 137 Å². The Labute approximate surface area is 144 Å². The highest BCUT2D eigenvalue weighted by atomic mass is 32.2. The van der Waals surface area contributed by atoms with Gasteiger partial charge in [0.2, 0.25) is 0 Å². The van der Waals surface area contributed by atoms with Crippen molar-refractivity contribution in [1.82, 2.24) is 0 Å². The maximum atomic E-state index is 12.0. The van der Waals surface area contributed by atoms with E-state index in [4.69, 9.17) is 5.14 Å². The standard InChI is InChI=1S/C15H15N3O6S/c1-23-14(19)10-3-2-4-12(9-10)18-15(20)17-11-5-7-13(8-6-11)24-25(16,21)22/h2-9H,1H3,(H2,16,21,22)(H2,17,18,20). The molecule has 0 unspecified atom stereocenters. The molecule has 2 amide bonds. The van der Waals surface area contributed by atoms with Crippen molar-refractivity contribution >= 4 is 33.7 Å². The summed E-state index contributed by atoms with van der Waals surface area (Å²) in [5.74, 6) is -0.506. The molecule has 0 aliphatic rings. The molecule has 0 aliphatic carbocycles. The Morgan fingerprint density at radius 2 is 1.64 bits per heavy atom. The molecule has 132 valence electrons. The number of carbonyl (C=O) groups excluding carboxylic acids is 2. The molecule has 25 heavy (non-hydrogen) atoms. The Morgan fingerprint density at radius 1 is 1.00 bits per heavy atom. The van der Waals surface area contributed by atoms with Gasteiger partial charge in [-0.2, -0.15) is 13.6 Å². The van der Waals surface area contributed by atoms with Gasteiger partial charge in [0.05, 0.1) is 12.7 Å². The molecule has 0 aromatic heterocycles. The maximum absolute atomic E-state index is 12.0.